The van der Waals surface area contributed by atoms with Gasteiger partial charge in [-0.05, 0) is 61.7 Å². The van der Waals surface area contributed by atoms with E-state index in [2.05, 4.69) is 11.8 Å². The van der Waals surface area contributed by atoms with Crippen molar-refractivity contribution in [3.8, 4) is 24.7 Å². The molecule has 0 saturated heterocycles. The number of hydrogen-bond acceptors (Lipinski definition) is 9. The number of aliphatic hydroxyl groups is 1. The van der Waals surface area contributed by atoms with Gasteiger partial charge in [0.1, 0.15) is 26.0 Å². The second kappa shape index (κ2) is 11.8. The molecule has 10 nitrogen and oxygen atoms in total. The molecule has 2 aromatic rings. The Morgan fingerprint density at radius 3 is 2.02 bits per heavy atom. The second-order valence-corrected chi connectivity index (χ2v) is 14.4. The number of rotatable bonds is 6. The second-order valence-electron chi connectivity index (χ2n) is 11.7. The largest absolute Gasteiger partial charge is 1.00 e. The summed E-state index contributed by atoms with van der Waals surface area (Å²) in [5.41, 5.74) is 1.42. The molecule has 0 unspecified atom stereocenters. The molecule has 2 heterocycles. The Morgan fingerprint density at radius 2 is 1.49 bits per heavy atom. The zero-order chi connectivity index (χ0) is 32.6. The number of anilines is 1. The maximum absolute atomic E-state index is 13.5. The number of allylic oxidation sites excluding steroid dienone is 5. The first-order valence-corrected chi connectivity index (χ1v) is 16.1. The molecule has 1 N–H and O–H groups in total. The van der Waals surface area contributed by atoms with Gasteiger partial charge >= 0.3 is 51.4 Å². The van der Waals surface area contributed by atoms with Crippen LogP contribution >= 0.6 is 0 Å². The molecule has 0 amide bonds. The van der Waals surface area contributed by atoms with E-state index >= 15 is 0 Å². The number of Topliss-reactive ketones (excluding diaryl/α,β-unsaturated/α-hetero) is 1. The van der Waals surface area contributed by atoms with Crippen molar-refractivity contribution in [2.75, 3.05) is 18.0 Å². The number of carbonyl (C=O) groups excluding carboxylic acids is 1. The Balaban J connectivity index is 0.00000461. The molecule has 45 heavy (non-hydrogen) atoms. The third-order valence-corrected chi connectivity index (χ3v) is 10.0. The third-order valence-electron chi connectivity index (χ3n) is 8.36. The standard InChI is InChI=1S/C32H28N2O8S2.K/c1-7-13-33-25-11-9-19(43(37,38)39)15-23(25)31(3,4)27(33)17-21-29(35)22(30(21)36)18-28-32(5,6)24-16-20(44(40,41)42)10-12-26(24)34(28)14-8-2;/h1-2,9-12,15-18H,13-14H2,3-6H3,(H2-,35,36,37,38,39,40,41,42);/q;+1/p-1. The average Bonchev–Trinajstić information content (AvgIpc) is 3.27. The van der Waals surface area contributed by atoms with Gasteiger partial charge in [0.15, 0.2) is 5.71 Å². The maximum atomic E-state index is 13.5. The van der Waals surface area contributed by atoms with Gasteiger partial charge < -0.3 is 19.1 Å². The molecule has 3 aliphatic rings. The summed E-state index contributed by atoms with van der Waals surface area (Å²) in [4.78, 5) is 14.4. The third kappa shape index (κ3) is 5.71. The molecule has 5 rings (SSSR count). The van der Waals surface area contributed by atoms with Crippen molar-refractivity contribution in [2.45, 2.75) is 48.3 Å². The summed E-state index contributed by atoms with van der Waals surface area (Å²) in [5.74, 6) is 4.33. The minimum atomic E-state index is -4.73. The summed E-state index contributed by atoms with van der Waals surface area (Å²) < 4.78 is 72.0. The molecule has 0 saturated carbocycles. The van der Waals surface area contributed by atoms with Crippen molar-refractivity contribution >= 4 is 43.1 Å². The molecule has 2 aliphatic heterocycles. The topological polar surface area (TPSA) is 158 Å². The van der Waals surface area contributed by atoms with E-state index in [-0.39, 0.29) is 81.4 Å². The van der Waals surface area contributed by atoms with E-state index in [0.717, 1.165) is 0 Å². The SMILES string of the molecule is C#CCN1/C(=C/C2=C(O)C(=C\C3=[N+](CC#C)c4ccc(S(=O)(=O)[O-])cc4C3(C)C)/C2=O)C(C)(C)c2cc(S(=O)(=O)[O-])ccc21.[K+]. The van der Waals surface area contributed by atoms with Crippen molar-refractivity contribution in [1.82, 2.24) is 0 Å². The molecular weight excluding hydrogens is 644 g/mol. The van der Waals surface area contributed by atoms with E-state index in [1.54, 1.807) is 37.2 Å². The van der Waals surface area contributed by atoms with Crippen molar-refractivity contribution in [2.24, 2.45) is 0 Å². The minimum Gasteiger partial charge on any atom is -0.744 e. The van der Waals surface area contributed by atoms with Crippen LogP contribution in [0.4, 0.5) is 11.4 Å². The molecule has 0 fully saturated rings. The number of hydrogen-bond donors (Lipinski definition) is 1. The average molecular weight is 671 g/mol. The van der Waals surface area contributed by atoms with Crippen LogP contribution < -0.4 is 56.3 Å². The fourth-order valence-corrected chi connectivity index (χ4v) is 7.04. The summed E-state index contributed by atoms with van der Waals surface area (Å²) in [6.07, 6.45) is 14.2. The van der Waals surface area contributed by atoms with E-state index in [9.17, 15) is 35.8 Å². The number of ketones is 1. The number of aliphatic hydroxyl groups excluding tert-OH is 1. The van der Waals surface area contributed by atoms with Crippen molar-refractivity contribution < 1.29 is 91.8 Å². The Bertz CT molecular complexity index is 2120. The van der Waals surface area contributed by atoms with Gasteiger partial charge in [0.25, 0.3) is 0 Å². The van der Waals surface area contributed by atoms with Crippen LogP contribution in [0.5, 0.6) is 0 Å². The smallest absolute Gasteiger partial charge is 0.744 e. The zero-order valence-electron chi connectivity index (χ0n) is 25.2. The number of benzene rings is 2. The first kappa shape index (κ1) is 35.0. The van der Waals surface area contributed by atoms with Gasteiger partial charge in [-0.2, -0.15) is 4.58 Å². The quantitative estimate of drug-likeness (QED) is 0.149. The molecule has 0 spiro atoms. The number of carbonyl (C=O) groups is 1. The predicted molar refractivity (Wildman–Crippen MR) is 160 cm³/mol. The van der Waals surface area contributed by atoms with Crippen LogP contribution in [0.3, 0.4) is 0 Å². The van der Waals surface area contributed by atoms with Gasteiger partial charge in [-0.25, -0.2) is 16.8 Å². The van der Waals surface area contributed by atoms with Crippen LogP contribution in [0, 0.1) is 24.7 Å². The van der Waals surface area contributed by atoms with Gasteiger partial charge in [0.2, 0.25) is 18.0 Å². The number of nitrogens with zero attached hydrogens (tertiary/aromatic N) is 2. The molecule has 0 atom stereocenters. The first-order chi connectivity index (χ1) is 20.3. The monoisotopic (exact) mass is 670 g/mol. The fourth-order valence-electron chi connectivity index (χ4n) is 6.05. The Morgan fingerprint density at radius 1 is 0.911 bits per heavy atom. The van der Waals surface area contributed by atoms with E-state index in [1.807, 2.05) is 0 Å². The molecule has 0 radical (unpaired) electrons. The van der Waals surface area contributed by atoms with Crippen molar-refractivity contribution in [3.63, 3.8) is 0 Å². The Labute approximate surface area is 305 Å². The minimum absolute atomic E-state index is 0. The Kier molecular flexibility index (Phi) is 9.16. The molecule has 2 aromatic carbocycles. The Hall–Kier alpha value is -2.82. The molecular formula is C32H27KN2O8S2. The first-order valence-electron chi connectivity index (χ1n) is 13.3. The van der Waals surface area contributed by atoms with Gasteiger partial charge in [-0.15, -0.1) is 12.8 Å². The molecule has 0 bridgehead atoms. The fraction of sp³-hybridized carbons (Fsp3) is 0.250. The van der Waals surface area contributed by atoms with Crippen LogP contribution in [0.2, 0.25) is 0 Å². The summed E-state index contributed by atoms with van der Waals surface area (Å²) in [7, 11) is -9.45. The predicted octanol–water partition coefficient (Wildman–Crippen LogP) is 0.144. The number of terminal acetylenes is 2. The molecule has 1 aliphatic carbocycles. The maximum Gasteiger partial charge on any atom is 1.00 e. The molecule has 0 aromatic heterocycles. The molecule has 226 valence electrons. The van der Waals surface area contributed by atoms with Crippen LogP contribution in [-0.2, 0) is 35.9 Å². The van der Waals surface area contributed by atoms with Crippen LogP contribution in [-0.4, -0.2) is 60.2 Å². The summed E-state index contributed by atoms with van der Waals surface area (Å²) >= 11 is 0. The van der Waals surface area contributed by atoms with Crippen LogP contribution in [0.25, 0.3) is 0 Å². The summed E-state index contributed by atoms with van der Waals surface area (Å²) in [6.45, 7) is 7.29. The van der Waals surface area contributed by atoms with Gasteiger partial charge in [0, 0.05) is 34.5 Å². The van der Waals surface area contributed by atoms with Crippen molar-refractivity contribution in [3.05, 3.63) is 82.3 Å². The van der Waals surface area contributed by atoms with Crippen molar-refractivity contribution in [1.29, 1.82) is 0 Å². The van der Waals surface area contributed by atoms with Gasteiger partial charge in [-0.3, -0.25) is 4.79 Å². The van der Waals surface area contributed by atoms with Crippen LogP contribution in [0.15, 0.2) is 80.9 Å². The van der Waals surface area contributed by atoms with E-state index in [0.29, 0.717) is 33.9 Å². The summed E-state index contributed by atoms with van der Waals surface area (Å²) in [6, 6.07) is 7.97. The molecule has 13 heteroatoms. The zero-order valence-corrected chi connectivity index (χ0v) is 30.0. The summed E-state index contributed by atoms with van der Waals surface area (Å²) in [5, 5.41) is 11.1. The normalized spacial score (nSPS) is 20.0. The van der Waals surface area contributed by atoms with E-state index in [4.69, 9.17) is 12.8 Å². The van der Waals surface area contributed by atoms with Crippen LogP contribution in [0.1, 0.15) is 38.8 Å². The number of fused-ring (bicyclic) bond motifs is 2. The van der Waals surface area contributed by atoms with E-state index < -0.39 is 46.6 Å². The van der Waals surface area contributed by atoms with E-state index in [1.165, 1.54) is 48.6 Å². The van der Waals surface area contributed by atoms with Gasteiger partial charge in [0.05, 0.1) is 32.9 Å². The van der Waals surface area contributed by atoms with Gasteiger partial charge in [-0.1, -0.05) is 19.8 Å².